The molecule has 3 rings (SSSR count). The van der Waals surface area contributed by atoms with Gasteiger partial charge < -0.3 is 15.7 Å². The number of rotatable bonds is 7. The van der Waals surface area contributed by atoms with Gasteiger partial charge in [-0.15, -0.1) is 0 Å². The van der Waals surface area contributed by atoms with E-state index in [1.807, 2.05) is 6.07 Å². The number of nitrogens with one attached hydrogen (secondary N) is 2. The van der Waals surface area contributed by atoms with Crippen molar-refractivity contribution in [1.82, 2.24) is 15.5 Å². The van der Waals surface area contributed by atoms with Crippen molar-refractivity contribution in [2.45, 2.75) is 37.8 Å². The predicted octanol–water partition coefficient (Wildman–Crippen LogP) is 0.519. The summed E-state index contributed by atoms with van der Waals surface area (Å²) in [6, 6.07) is 7.15. The van der Waals surface area contributed by atoms with Crippen LogP contribution in [0, 0.1) is 5.92 Å². The zero-order chi connectivity index (χ0) is 18.9. The van der Waals surface area contributed by atoms with Crippen molar-refractivity contribution >= 4 is 23.8 Å². The molecule has 0 unspecified atom stereocenters. The molecule has 4 amide bonds. The van der Waals surface area contributed by atoms with Gasteiger partial charge in [-0.05, 0) is 31.2 Å². The van der Waals surface area contributed by atoms with E-state index in [-0.39, 0.29) is 12.3 Å². The number of benzene rings is 1. The van der Waals surface area contributed by atoms with Gasteiger partial charge >= 0.3 is 12.0 Å². The first kappa shape index (κ1) is 17.9. The smallest absolute Gasteiger partial charge is 0.326 e. The van der Waals surface area contributed by atoms with Crippen LogP contribution in [-0.2, 0) is 20.8 Å². The van der Waals surface area contributed by atoms with E-state index in [9.17, 15) is 24.3 Å². The van der Waals surface area contributed by atoms with E-state index >= 15 is 0 Å². The number of carboxylic acid groups (broad SMARTS) is 1. The molecule has 26 heavy (non-hydrogen) atoms. The minimum absolute atomic E-state index is 0.0943. The first-order chi connectivity index (χ1) is 12.3. The Bertz CT molecular complexity index is 746. The molecule has 0 aromatic heterocycles. The van der Waals surface area contributed by atoms with E-state index in [0.717, 1.165) is 23.3 Å². The van der Waals surface area contributed by atoms with Crippen LogP contribution in [0.15, 0.2) is 30.3 Å². The number of carboxylic acids is 1. The van der Waals surface area contributed by atoms with Gasteiger partial charge in [0, 0.05) is 6.42 Å². The fourth-order valence-corrected chi connectivity index (χ4v) is 3.23. The molecular weight excluding hydrogens is 338 g/mol. The second kappa shape index (κ2) is 6.78. The topological polar surface area (TPSA) is 116 Å². The van der Waals surface area contributed by atoms with Gasteiger partial charge in [0.2, 0.25) is 5.91 Å². The van der Waals surface area contributed by atoms with Gasteiger partial charge in [0.05, 0.1) is 0 Å². The van der Waals surface area contributed by atoms with Crippen molar-refractivity contribution in [2.24, 2.45) is 5.92 Å². The molecule has 2 fully saturated rings. The first-order valence-electron chi connectivity index (χ1n) is 8.51. The lowest BCUT2D eigenvalue weighted by atomic mass is 9.96. The third kappa shape index (κ3) is 3.54. The predicted molar refractivity (Wildman–Crippen MR) is 91.1 cm³/mol. The Morgan fingerprint density at radius 3 is 2.54 bits per heavy atom. The average Bonchev–Trinajstić information content (AvgIpc) is 3.41. The highest BCUT2D eigenvalue weighted by Crippen LogP contribution is 2.42. The van der Waals surface area contributed by atoms with Crippen molar-refractivity contribution in [3.8, 4) is 0 Å². The second-order valence-corrected chi connectivity index (χ2v) is 6.95. The SMILES string of the molecule is C[C@]1(C2CC2)NC(=O)N(CC(=O)N[C@H](Cc2ccccc2)C(=O)O)C1=O. The molecule has 0 radical (unpaired) electrons. The number of hydrogen-bond acceptors (Lipinski definition) is 4. The van der Waals surface area contributed by atoms with Crippen molar-refractivity contribution < 1.29 is 24.3 Å². The van der Waals surface area contributed by atoms with Gasteiger partial charge in [-0.1, -0.05) is 30.3 Å². The summed E-state index contributed by atoms with van der Waals surface area (Å²) in [7, 11) is 0. The largest absolute Gasteiger partial charge is 0.480 e. The number of aliphatic carboxylic acids is 1. The van der Waals surface area contributed by atoms with Crippen molar-refractivity contribution in [1.29, 1.82) is 0 Å². The third-order valence-electron chi connectivity index (χ3n) is 4.91. The van der Waals surface area contributed by atoms with Crippen LogP contribution in [0.3, 0.4) is 0 Å². The lowest BCUT2D eigenvalue weighted by Gasteiger charge is -2.21. The molecule has 0 spiro atoms. The summed E-state index contributed by atoms with van der Waals surface area (Å²) in [5.41, 5.74) is -0.204. The number of carbonyl (C=O) groups is 4. The van der Waals surface area contributed by atoms with E-state index < -0.39 is 41.9 Å². The van der Waals surface area contributed by atoms with Gasteiger partial charge in [0.25, 0.3) is 5.91 Å². The standard InChI is InChI=1S/C18H21N3O5/c1-18(12-7-8-12)16(25)21(17(26)20-18)10-14(22)19-13(15(23)24)9-11-5-3-2-4-6-11/h2-6,12-13H,7-10H2,1H3,(H,19,22)(H,20,26)(H,23,24)/t13-,18-/m1/s1. The summed E-state index contributed by atoms with van der Waals surface area (Å²) in [5.74, 6) is -2.20. The molecule has 1 aromatic carbocycles. The molecule has 8 heteroatoms. The number of carbonyl (C=O) groups excluding carboxylic acids is 3. The Kier molecular flexibility index (Phi) is 4.67. The Hall–Kier alpha value is -2.90. The molecule has 1 aliphatic carbocycles. The molecule has 2 aliphatic rings. The van der Waals surface area contributed by atoms with E-state index in [1.165, 1.54) is 0 Å². The van der Waals surface area contributed by atoms with Gasteiger partial charge in [-0.2, -0.15) is 0 Å². The summed E-state index contributed by atoms with van der Waals surface area (Å²) in [5, 5.41) is 14.4. The average molecular weight is 359 g/mol. The molecule has 3 N–H and O–H groups in total. The van der Waals surface area contributed by atoms with E-state index in [1.54, 1.807) is 31.2 Å². The number of urea groups is 1. The minimum atomic E-state index is -1.18. The fraction of sp³-hybridized carbons (Fsp3) is 0.444. The minimum Gasteiger partial charge on any atom is -0.480 e. The number of imide groups is 1. The zero-order valence-corrected chi connectivity index (χ0v) is 14.4. The van der Waals surface area contributed by atoms with Crippen molar-refractivity contribution in [2.75, 3.05) is 6.54 Å². The van der Waals surface area contributed by atoms with Crippen LogP contribution in [0.4, 0.5) is 4.79 Å². The number of nitrogens with zero attached hydrogens (tertiary/aromatic N) is 1. The van der Waals surface area contributed by atoms with Crippen LogP contribution >= 0.6 is 0 Å². The Labute approximate surface area is 150 Å². The first-order valence-corrected chi connectivity index (χ1v) is 8.51. The molecule has 138 valence electrons. The van der Waals surface area contributed by atoms with Gasteiger partial charge in [-0.25, -0.2) is 9.59 Å². The van der Waals surface area contributed by atoms with E-state index in [0.29, 0.717) is 0 Å². The summed E-state index contributed by atoms with van der Waals surface area (Å²) >= 11 is 0. The van der Waals surface area contributed by atoms with Crippen LogP contribution < -0.4 is 10.6 Å². The Morgan fingerprint density at radius 1 is 1.31 bits per heavy atom. The molecule has 2 atom stereocenters. The maximum atomic E-state index is 12.5. The fourth-order valence-electron chi connectivity index (χ4n) is 3.23. The monoisotopic (exact) mass is 359 g/mol. The van der Waals surface area contributed by atoms with Gasteiger partial charge in [-0.3, -0.25) is 14.5 Å². The number of amides is 4. The quantitative estimate of drug-likeness (QED) is 0.614. The molecule has 1 aromatic rings. The van der Waals surface area contributed by atoms with Crippen LogP contribution in [0.25, 0.3) is 0 Å². The molecule has 0 bridgehead atoms. The normalized spacial score (nSPS) is 23.5. The van der Waals surface area contributed by atoms with Crippen LogP contribution in [-0.4, -0.2) is 51.9 Å². The summed E-state index contributed by atoms with van der Waals surface area (Å²) in [4.78, 5) is 49.1. The summed E-state index contributed by atoms with van der Waals surface area (Å²) < 4.78 is 0. The van der Waals surface area contributed by atoms with Crippen molar-refractivity contribution in [3.63, 3.8) is 0 Å². The van der Waals surface area contributed by atoms with Gasteiger partial charge in [0.15, 0.2) is 0 Å². The number of hydrogen-bond donors (Lipinski definition) is 3. The highest BCUT2D eigenvalue weighted by molar-refractivity contribution is 6.09. The lowest BCUT2D eigenvalue weighted by molar-refractivity contribution is -0.142. The maximum absolute atomic E-state index is 12.5. The Morgan fingerprint density at radius 2 is 1.96 bits per heavy atom. The summed E-state index contributed by atoms with van der Waals surface area (Å²) in [6.07, 6.45) is 1.84. The molecule has 1 saturated heterocycles. The van der Waals surface area contributed by atoms with E-state index in [4.69, 9.17) is 0 Å². The van der Waals surface area contributed by atoms with Crippen LogP contribution in [0.5, 0.6) is 0 Å². The van der Waals surface area contributed by atoms with E-state index in [2.05, 4.69) is 10.6 Å². The Balaban J connectivity index is 1.62. The zero-order valence-electron chi connectivity index (χ0n) is 14.4. The highest BCUT2D eigenvalue weighted by atomic mass is 16.4. The lowest BCUT2D eigenvalue weighted by Crippen LogP contribution is -2.49. The molecular formula is C18H21N3O5. The summed E-state index contributed by atoms with van der Waals surface area (Å²) in [6.45, 7) is 1.17. The molecule has 1 saturated carbocycles. The van der Waals surface area contributed by atoms with Gasteiger partial charge in [0.1, 0.15) is 18.1 Å². The molecule has 8 nitrogen and oxygen atoms in total. The third-order valence-corrected chi connectivity index (χ3v) is 4.91. The second-order valence-electron chi connectivity index (χ2n) is 6.95. The highest BCUT2D eigenvalue weighted by Gasteiger charge is 2.56. The maximum Gasteiger partial charge on any atom is 0.326 e. The van der Waals surface area contributed by atoms with Crippen LogP contribution in [0.2, 0.25) is 0 Å². The molecule has 1 aliphatic heterocycles. The van der Waals surface area contributed by atoms with Crippen LogP contribution in [0.1, 0.15) is 25.3 Å². The van der Waals surface area contributed by atoms with Crippen molar-refractivity contribution in [3.05, 3.63) is 35.9 Å². The molecule has 1 heterocycles.